The summed E-state index contributed by atoms with van der Waals surface area (Å²) in [7, 11) is 0. The molecule has 0 fully saturated rings. The monoisotopic (exact) mass is 435 g/mol. The van der Waals surface area contributed by atoms with Crippen LogP contribution in [0.25, 0.3) is 0 Å². The molecule has 2 aromatic rings. The lowest BCUT2D eigenvalue weighted by Crippen LogP contribution is -2.45. The third-order valence-electron chi connectivity index (χ3n) is 3.98. The number of nitrogens with one attached hydrogen (secondary N) is 1. The second-order valence-electron chi connectivity index (χ2n) is 5.98. The molecule has 1 aromatic carbocycles. The van der Waals surface area contributed by atoms with Crippen molar-refractivity contribution in [3.63, 3.8) is 0 Å². The highest BCUT2D eigenvalue weighted by atomic mass is 35.5. The summed E-state index contributed by atoms with van der Waals surface area (Å²) < 4.78 is 100. The van der Waals surface area contributed by atoms with Crippen LogP contribution in [0.5, 0.6) is 0 Å². The molecule has 0 bridgehead atoms. The number of carbonyl (C=O) groups excluding carboxylic acids is 1. The fourth-order valence-electron chi connectivity index (χ4n) is 2.69. The van der Waals surface area contributed by atoms with E-state index in [2.05, 4.69) is 9.98 Å². The lowest BCUT2D eigenvalue weighted by atomic mass is 9.89. The van der Waals surface area contributed by atoms with E-state index in [1.807, 2.05) is 5.32 Å². The Morgan fingerprint density at radius 1 is 1.48 bits per heavy atom. The Morgan fingerprint density at radius 3 is 2.90 bits per heavy atom. The molecule has 0 aliphatic carbocycles. The zero-order chi connectivity index (χ0) is 25.6. The Labute approximate surface area is 174 Å². The summed E-state index contributed by atoms with van der Waals surface area (Å²) in [5, 5.41) is 1.41. The number of carbonyl (C=O) groups is 1. The number of benzene rings is 1. The molecular formula is C18H15ClF4N4O2. The maximum absolute atomic E-state index is 14.6. The molecule has 154 valence electrons. The number of anilines is 1. The van der Waals surface area contributed by atoms with Crippen LogP contribution in [-0.4, -0.2) is 36.4 Å². The number of ether oxygens (including phenoxy) is 1. The van der Waals surface area contributed by atoms with Crippen LogP contribution >= 0.6 is 11.6 Å². The number of amidine groups is 1. The number of hydrogen-bond donors (Lipinski definition) is 2. The van der Waals surface area contributed by atoms with Crippen LogP contribution in [0, 0.1) is 18.5 Å². The van der Waals surface area contributed by atoms with Gasteiger partial charge in [-0.05, 0) is 24.5 Å². The molecule has 3 rings (SSSR count). The van der Waals surface area contributed by atoms with Crippen molar-refractivity contribution >= 4 is 29.0 Å². The molecule has 1 aliphatic heterocycles. The van der Waals surface area contributed by atoms with Crippen LogP contribution < -0.4 is 11.1 Å². The molecule has 0 spiro atoms. The van der Waals surface area contributed by atoms with Gasteiger partial charge in [-0.3, -0.25) is 9.79 Å². The highest BCUT2D eigenvalue weighted by Crippen LogP contribution is 2.38. The van der Waals surface area contributed by atoms with E-state index in [0.717, 1.165) is 0 Å². The van der Waals surface area contributed by atoms with E-state index in [0.29, 0.717) is 12.1 Å². The van der Waals surface area contributed by atoms with Gasteiger partial charge in [0, 0.05) is 27.6 Å². The molecule has 6 nitrogen and oxygen atoms in total. The van der Waals surface area contributed by atoms with Crippen LogP contribution in [0.4, 0.5) is 23.2 Å². The fourth-order valence-corrected chi connectivity index (χ4v) is 2.82. The summed E-state index contributed by atoms with van der Waals surface area (Å²) in [5.41, 5.74) is -0.578. The molecule has 29 heavy (non-hydrogen) atoms. The third-order valence-corrected chi connectivity index (χ3v) is 4.16. The first-order chi connectivity index (χ1) is 15.7. The minimum atomic E-state index is -3.39. The molecule has 1 atom stereocenters. The number of amides is 1. The van der Waals surface area contributed by atoms with Gasteiger partial charge in [0.25, 0.3) is 12.3 Å². The summed E-state index contributed by atoms with van der Waals surface area (Å²) in [6.07, 6.45) is -4.17. The van der Waals surface area contributed by atoms with Crippen molar-refractivity contribution in [1.82, 2.24) is 4.98 Å². The van der Waals surface area contributed by atoms with Crippen LogP contribution in [0.2, 0.25) is 5.02 Å². The van der Waals surface area contributed by atoms with Crippen molar-refractivity contribution in [2.24, 2.45) is 10.7 Å². The number of rotatable bonds is 4. The van der Waals surface area contributed by atoms with E-state index in [1.165, 1.54) is 0 Å². The van der Waals surface area contributed by atoms with E-state index < -0.39 is 82.7 Å². The lowest BCUT2D eigenvalue weighted by Gasteiger charge is -2.33. The normalized spacial score (nSPS) is 22.1. The van der Waals surface area contributed by atoms with Crippen molar-refractivity contribution in [3.05, 3.63) is 57.8 Å². The lowest BCUT2D eigenvalue weighted by molar-refractivity contribution is -0.0148. The quantitative estimate of drug-likeness (QED) is 0.720. The molecule has 1 aliphatic rings. The predicted octanol–water partition coefficient (Wildman–Crippen LogP) is 3.42. The van der Waals surface area contributed by atoms with Gasteiger partial charge in [-0.25, -0.2) is 22.5 Å². The Balaban J connectivity index is 2.12. The van der Waals surface area contributed by atoms with Gasteiger partial charge in [-0.1, -0.05) is 11.6 Å². The number of pyridine rings is 1. The first kappa shape index (κ1) is 15.2. The minimum Gasteiger partial charge on any atom is -0.385 e. The maximum Gasteiger partial charge on any atom is 0.274 e. The second-order valence-corrected chi connectivity index (χ2v) is 6.36. The standard InChI is InChI=1S/C18H15ClF4N4O2/c1-8-2-9(19)5-25-15(8)16(28)26-10-3-11(14(21)12(20)4-10)18(17(22)23)7-29-6-13(24)27-18/h2-5,17H,6-7H2,1H3,(H2,24,27)(H,26,28)/i1D3,2D,5D. The van der Waals surface area contributed by atoms with Gasteiger partial charge < -0.3 is 15.8 Å². The van der Waals surface area contributed by atoms with Gasteiger partial charge >= 0.3 is 0 Å². The highest BCUT2D eigenvalue weighted by molar-refractivity contribution is 6.30. The van der Waals surface area contributed by atoms with E-state index in [4.69, 9.17) is 28.9 Å². The Kier molecular flexibility index (Phi) is 4.16. The van der Waals surface area contributed by atoms with Crippen LogP contribution in [0.3, 0.4) is 0 Å². The van der Waals surface area contributed by atoms with Crippen LogP contribution in [0.1, 0.15) is 28.5 Å². The molecular weight excluding hydrogens is 416 g/mol. The zero-order valence-electron chi connectivity index (χ0n) is 19.3. The molecule has 0 saturated heterocycles. The summed E-state index contributed by atoms with van der Waals surface area (Å²) in [6, 6.07) is 0.279. The van der Waals surface area contributed by atoms with Gasteiger partial charge in [0.15, 0.2) is 17.2 Å². The Bertz CT molecular complexity index is 1200. The van der Waals surface area contributed by atoms with Gasteiger partial charge in [-0.15, -0.1) is 0 Å². The van der Waals surface area contributed by atoms with Gasteiger partial charge in [0.05, 0.1) is 14.4 Å². The SMILES string of the molecule is [2H]c1nc(C(=O)Nc2cc(F)c(F)c(C3(C(F)F)COCC(N)=N3)c2)c(C([2H])([2H])[2H])c([2H])c1Cl. The molecule has 0 radical (unpaired) electrons. The van der Waals surface area contributed by atoms with Crippen molar-refractivity contribution in [2.75, 3.05) is 18.5 Å². The largest absolute Gasteiger partial charge is 0.385 e. The van der Waals surface area contributed by atoms with Crippen LogP contribution in [-0.2, 0) is 10.3 Å². The number of halogens is 5. The van der Waals surface area contributed by atoms with Gasteiger partial charge in [0.2, 0.25) is 0 Å². The number of nitrogens with zero attached hydrogens (tertiary/aromatic N) is 2. The molecule has 3 N–H and O–H groups in total. The molecule has 1 unspecified atom stereocenters. The first-order valence-electron chi connectivity index (χ1n) is 10.4. The second kappa shape index (κ2) is 7.96. The van der Waals surface area contributed by atoms with E-state index in [-0.39, 0.29) is 12.4 Å². The van der Waals surface area contributed by atoms with Crippen molar-refractivity contribution in [3.8, 4) is 0 Å². The summed E-state index contributed by atoms with van der Waals surface area (Å²) in [6.45, 7) is -4.20. The summed E-state index contributed by atoms with van der Waals surface area (Å²) in [4.78, 5) is 19.9. The predicted molar refractivity (Wildman–Crippen MR) is 98.4 cm³/mol. The highest BCUT2D eigenvalue weighted by Gasteiger charge is 2.47. The van der Waals surface area contributed by atoms with E-state index in [1.54, 1.807) is 0 Å². The maximum atomic E-state index is 14.6. The van der Waals surface area contributed by atoms with E-state index in [9.17, 15) is 22.4 Å². The van der Waals surface area contributed by atoms with Crippen LogP contribution in [0.15, 0.2) is 29.3 Å². The molecule has 1 amide bonds. The smallest absolute Gasteiger partial charge is 0.274 e. The Hall–Kier alpha value is -2.72. The molecule has 11 heteroatoms. The first-order valence-corrected chi connectivity index (χ1v) is 8.25. The third kappa shape index (κ3) is 4.03. The van der Waals surface area contributed by atoms with Gasteiger partial charge in [-0.2, -0.15) is 0 Å². The number of alkyl halides is 2. The number of aromatic nitrogens is 1. The van der Waals surface area contributed by atoms with Gasteiger partial charge in [0.1, 0.15) is 18.1 Å². The number of hydrogen-bond acceptors (Lipinski definition) is 5. The topological polar surface area (TPSA) is 89.6 Å². The Morgan fingerprint density at radius 2 is 2.24 bits per heavy atom. The van der Waals surface area contributed by atoms with Crippen molar-refractivity contribution < 1.29 is 33.9 Å². The summed E-state index contributed by atoms with van der Waals surface area (Å²) in [5.74, 6) is -5.04. The molecule has 0 saturated carbocycles. The summed E-state index contributed by atoms with van der Waals surface area (Å²) >= 11 is 5.71. The van der Waals surface area contributed by atoms with E-state index >= 15 is 0 Å². The fraction of sp³-hybridized carbons (Fsp3) is 0.278. The van der Waals surface area contributed by atoms with Crippen molar-refractivity contribution in [2.45, 2.75) is 18.8 Å². The minimum absolute atomic E-state index is 0.306. The average molecular weight is 436 g/mol. The number of aliphatic imine (C=N–C) groups is 1. The average Bonchev–Trinajstić information content (AvgIpc) is 2.72. The number of nitrogens with two attached hydrogens (primary N) is 1. The molecule has 1 aromatic heterocycles. The zero-order valence-corrected chi connectivity index (χ0v) is 15.1. The molecule has 2 heterocycles. The van der Waals surface area contributed by atoms with Crippen molar-refractivity contribution in [1.29, 1.82) is 0 Å².